The number of rotatable bonds is 2. The highest BCUT2D eigenvalue weighted by Gasteiger charge is 2.49. The van der Waals surface area contributed by atoms with Crippen LogP contribution in [0.25, 0.3) is 66.1 Å². The summed E-state index contributed by atoms with van der Waals surface area (Å²) in [5, 5.41) is 8.89. The highest BCUT2D eigenvalue weighted by atomic mass is 16.5. The van der Waals surface area contributed by atoms with Gasteiger partial charge in [0.2, 0.25) is 0 Å². The average molecular weight is 827 g/mol. The molecular weight excluding hydrogens is 783 g/mol. The molecule has 6 nitrogen and oxygen atoms in total. The Bertz CT molecular complexity index is 3690. The number of hydrogen-bond acceptors (Lipinski definition) is 4. The second-order valence-electron chi connectivity index (χ2n) is 19.9. The van der Waals surface area contributed by atoms with Crippen molar-refractivity contribution in [1.29, 1.82) is 0 Å². The number of hydrogen-bond donors (Lipinski definition) is 1. The number of benzene rings is 8. The molecule has 6 heterocycles. The van der Waals surface area contributed by atoms with Crippen LogP contribution in [0.4, 0.5) is 17.1 Å². The molecule has 2 aromatic heterocycles. The average Bonchev–Trinajstić information content (AvgIpc) is 4.00. The van der Waals surface area contributed by atoms with E-state index in [1.54, 1.807) is 0 Å². The van der Waals surface area contributed by atoms with Gasteiger partial charge in [-0.25, -0.2) is 0 Å². The van der Waals surface area contributed by atoms with Crippen molar-refractivity contribution in [2.24, 2.45) is 0 Å². The normalized spacial score (nSPS) is 17.7. The third-order valence-electron chi connectivity index (χ3n) is 15.5. The molecular formula is C57H43BN4O2. The number of fused-ring (bicyclic) bond motifs is 15. The number of aromatic nitrogens is 2. The lowest BCUT2D eigenvalue weighted by molar-refractivity contribution is 0.260. The van der Waals surface area contributed by atoms with Crippen molar-refractivity contribution < 1.29 is 9.47 Å². The van der Waals surface area contributed by atoms with E-state index in [4.69, 9.17) is 9.47 Å². The van der Waals surface area contributed by atoms with Gasteiger partial charge >= 0.3 is 6.85 Å². The third kappa shape index (κ3) is 4.32. The summed E-state index contributed by atoms with van der Waals surface area (Å²) < 4.78 is 18.9. The Balaban J connectivity index is 1.16. The van der Waals surface area contributed by atoms with Crippen LogP contribution >= 0.6 is 0 Å². The van der Waals surface area contributed by atoms with Gasteiger partial charge in [0.1, 0.15) is 11.5 Å². The first kappa shape index (κ1) is 35.1. The zero-order chi connectivity index (χ0) is 42.4. The molecule has 0 amide bonds. The molecule has 1 N–H and O–H groups in total. The fourth-order valence-corrected chi connectivity index (χ4v) is 12.4. The van der Waals surface area contributed by atoms with E-state index in [-0.39, 0.29) is 23.9 Å². The summed E-state index contributed by atoms with van der Waals surface area (Å²) in [6.45, 7) is 9.62. The highest BCUT2D eigenvalue weighted by molar-refractivity contribution is 6.94. The van der Waals surface area contributed by atoms with Crippen molar-refractivity contribution in [1.82, 2.24) is 9.13 Å². The van der Waals surface area contributed by atoms with Gasteiger partial charge in [0.15, 0.2) is 12.0 Å². The number of nitrogens with one attached hydrogen (secondary N) is 1. The summed E-state index contributed by atoms with van der Waals surface area (Å²) in [6, 6.07) is 56.0. The van der Waals surface area contributed by atoms with Crippen molar-refractivity contribution in [3.63, 3.8) is 0 Å². The molecule has 0 spiro atoms. The summed E-state index contributed by atoms with van der Waals surface area (Å²) >= 11 is 0. The molecule has 0 radical (unpaired) electrons. The first-order chi connectivity index (χ1) is 31.2. The summed E-state index contributed by atoms with van der Waals surface area (Å²) in [5.74, 6) is 2.60. The molecule has 15 rings (SSSR count). The Morgan fingerprint density at radius 2 is 1.25 bits per heavy atom. The van der Waals surface area contributed by atoms with Crippen LogP contribution in [-0.4, -0.2) is 16.0 Å². The maximum Gasteiger partial charge on any atom is 0.333 e. The van der Waals surface area contributed by atoms with Gasteiger partial charge in [-0.05, 0) is 112 Å². The van der Waals surface area contributed by atoms with Crippen LogP contribution < -0.4 is 30.5 Å². The molecule has 1 aliphatic carbocycles. The molecule has 1 atom stereocenters. The number of para-hydroxylation sites is 5. The van der Waals surface area contributed by atoms with Crippen molar-refractivity contribution in [3.05, 3.63) is 168 Å². The molecule has 1 unspecified atom stereocenters. The highest BCUT2D eigenvalue weighted by Crippen LogP contribution is 2.57. The van der Waals surface area contributed by atoms with Crippen LogP contribution in [0.2, 0.25) is 0 Å². The molecule has 0 saturated heterocycles. The molecule has 8 aromatic carbocycles. The smallest absolute Gasteiger partial charge is 0.333 e. The lowest BCUT2D eigenvalue weighted by Crippen LogP contribution is -2.61. The molecule has 10 aromatic rings. The summed E-state index contributed by atoms with van der Waals surface area (Å²) in [6.07, 6.45) is 2.00. The Hall–Kier alpha value is -7.38. The van der Waals surface area contributed by atoms with Crippen LogP contribution in [0.3, 0.4) is 0 Å². The minimum atomic E-state index is -0.292. The van der Waals surface area contributed by atoms with Gasteiger partial charge in [0.05, 0.1) is 44.8 Å². The van der Waals surface area contributed by atoms with Crippen molar-refractivity contribution in [2.75, 3.05) is 10.1 Å². The van der Waals surface area contributed by atoms with E-state index in [2.05, 4.69) is 199 Å². The molecule has 64 heavy (non-hydrogen) atoms. The van der Waals surface area contributed by atoms with Crippen LogP contribution in [0.5, 0.6) is 17.2 Å². The first-order valence-electron chi connectivity index (χ1n) is 22.8. The van der Waals surface area contributed by atoms with Gasteiger partial charge in [-0.1, -0.05) is 119 Å². The van der Waals surface area contributed by atoms with Crippen LogP contribution in [0.1, 0.15) is 63.5 Å². The summed E-state index contributed by atoms with van der Waals surface area (Å²) in [4.78, 5) is 2.58. The largest absolute Gasteiger partial charge is 0.464 e. The fraction of sp³-hybridized carbons (Fsp3) is 0.158. The SMILES string of the molecule is CC1(C)CCC(C)(C)c2cc3c(cc21)c1c(-n2c4ccccc4c4ccccc42)cc2c4c1n3-c1cc3c(cc1B4N1c4ccccc4Oc4cccc-2c41)OC(c1ccccc1)N3. The first-order valence-corrected chi connectivity index (χ1v) is 22.8. The lowest BCUT2D eigenvalue weighted by Gasteiger charge is -2.45. The van der Waals surface area contributed by atoms with E-state index in [0.29, 0.717) is 0 Å². The van der Waals surface area contributed by atoms with Crippen LogP contribution in [0, 0.1) is 0 Å². The minimum Gasteiger partial charge on any atom is -0.464 e. The molecule has 0 fully saturated rings. The zero-order valence-electron chi connectivity index (χ0n) is 36.2. The van der Waals surface area contributed by atoms with Gasteiger partial charge in [0.25, 0.3) is 0 Å². The Morgan fingerprint density at radius 1 is 0.562 bits per heavy atom. The number of ether oxygens (including phenoxy) is 2. The number of nitrogens with zero attached hydrogens (tertiary/aromatic N) is 3. The fourth-order valence-electron chi connectivity index (χ4n) is 12.4. The van der Waals surface area contributed by atoms with Crippen LogP contribution in [0.15, 0.2) is 152 Å². The molecule has 5 aliphatic rings. The third-order valence-corrected chi connectivity index (χ3v) is 15.5. The predicted molar refractivity (Wildman–Crippen MR) is 263 cm³/mol. The van der Waals surface area contributed by atoms with E-state index >= 15 is 0 Å². The molecule has 0 bridgehead atoms. The van der Waals surface area contributed by atoms with Gasteiger partial charge in [-0.2, -0.15) is 0 Å². The van der Waals surface area contributed by atoms with Crippen LogP contribution in [-0.2, 0) is 10.8 Å². The predicted octanol–water partition coefficient (Wildman–Crippen LogP) is 13.1. The van der Waals surface area contributed by atoms with Crippen molar-refractivity contribution >= 4 is 78.4 Å². The van der Waals surface area contributed by atoms with E-state index < -0.39 is 0 Å². The molecule has 4 aliphatic heterocycles. The van der Waals surface area contributed by atoms with E-state index in [9.17, 15) is 0 Å². The monoisotopic (exact) mass is 826 g/mol. The standard InChI is InChI=1S/C57H43BN4O2/c1-56(2)25-26-57(3,4)39-29-45-37(27-38(39)56)51-47(60-42-20-10-8-17-33(42)34-18-9-11-21-43(34)60)28-36-35-19-14-24-49-53(35)62(44-22-12-13-23-48(44)63-49)58-40-30-50-41(31-46(40)61(45)54(51)52(36)58)59-55(64-50)32-15-6-5-7-16-32/h5-24,27-31,55,59H,25-26H2,1-4H3. The Labute approximate surface area is 371 Å². The quantitative estimate of drug-likeness (QED) is 0.176. The maximum absolute atomic E-state index is 6.88. The Kier molecular flexibility index (Phi) is 6.47. The molecule has 0 saturated carbocycles. The minimum absolute atomic E-state index is 0.0218. The zero-order valence-corrected chi connectivity index (χ0v) is 36.2. The van der Waals surface area contributed by atoms with E-state index in [0.717, 1.165) is 52.7 Å². The van der Waals surface area contributed by atoms with Gasteiger partial charge < -0.3 is 28.7 Å². The van der Waals surface area contributed by atoms with Crippen molar-refractivity contribution in [2.45, 2.75) is 57.6 Å². The van der Waals surface area contributed by atoms with Gasteiger partial charge in [-0.15, -0.1) is 0 Å². The van der Waals surface area contributed by atoms with E-state index in [1.165, 1.54) is 88.2 Å². The van der Waals surface area contributed by atoms with Gasteiger partial charge in [-0.3, -0.25) is 0 Å². The molecule has 7 heteroatoms. The molecule has 306 valence electrons. The second-order valence-corrected chi connectivity index (χ2v) is 19.9. The summed E-state index contributed by atoms with van der Waals surface area (Å²) in [5.41, 5.74) is 19.4. The van der Waals surface area contributed by atoms with E-state index in [1.807, 2.05) is 0 Å². The van der Waals surface area contributed by atoms with Gasteiger partial charge in [0, 0.05) is 38.4 Å². The van der Waals surface area contributed by atoms with Crippen molar-refractivity contribution in [3.8, 4) is 39.8 Å². The lowest BCUT2D eigenvalue weighted by atomic mass is 9.43. The summed E-state index contributed by atoms with van der Waals surface area (Å²) in [7, 11) is 0. The maximum atomic E-state index is 6.88. The topological polar surface area (TPSA) is 43.6 Å². The number of anilines is 3. The second kappa shape index (κ2) is 11.8. The Morgan fingerprint density at radius 3 is 2.03 bits per heavy atom.